The van der Waals surface area contributed by atoms with Gasteiger partial charge in [0.1, 0.15) is 0 Å². The molecule has 4 nitrogen and oxygen atoms in total. The van der Waals surface area contributed by atoms with Crippen molar-refractivity contribution in [3.8, 4) is 0 Å². The summed E-state index contributed by atoms with van der Waals surface area (Å²) in [5.74, 6) is -2.99. The molecule has 0 saturated heterocycles. The van der Waals surface area contributed by atoms with Crippen LogP contribution in [0.4, 0.5) is 0 Å². The fourth-order valence-electron chi connectivity index (χ4n) is 0.726. The van der Waals surface area contributed by atoms with Crippen LogP contribution in [0, 0.1) is 0 Å². The monoisotopic (exact) mass is 194 g/mol. The largest absolute Gasteiger partial charge is 0.479 e. The summed E-state index contributed by atoms with van der Waals surface area (Å²) in [5.41, 5.74) is 0. The summed E-state index contributed by atoms with van der Waals surface area (Å²) in [6.07, 6.45) is 1.16. The third-order valence-corrected chi connectivity index (χ3v) is 2.07. The van der Waals surface area contributed by atoms with E-state index in [0.717, 1.165) is 6.42 Å². The van der Waals surface area contributed by atoms with E-state index in [1.165, 1.54) is 0 Å². The first-order valence-electron chi connectivity index (χ1n) is 3.61. The Kier molecular flexibility index (Phi) is 4.03. The Morgan fingerprint density at radius 1 is 1.33 bits per heavy atom. The Hall–Kier alpha value is -0.770. The van der Waals surface area contributed by atoms with Crippen molar-refractivity contribution in [2.45, 2.75) is 31.1 Å². The molecule has 0 aliphatic heterocycles. The number of rotatable bonds is 5. The maximum atomic E-state index is 10.5. The molecule has 12 heavy (non-hydrogen) atoms. The highest BCUT2D eigenvalue weighted by atomic mass is 35.5. The van der Waals surface area contributed by atoms with E-state index in [-0.39, 0.29) is 6.42 Å². The second kappa shape index (κ2) is 4.30. The van der Waals surface area contributed by atoms with Crippen LogP contribution in [0.3, 0.4) is 0 Å². The van der Waals surface area contributed by atoms with Gasteiger partial charge in [0.15, 0.2) is 0 Å². The van der Waals surface area contributed by atoms with Crippen molar-refractivity contribution >= 4 is 23.5 Å². The fourth-order valence-corrected chi connectivity index (χ4v) is 0.859. The Bertz CT molecular complexity index is 176. The topological polar surface area (TPSA) is 74.6 Å². The summed E-state index contributed by atoms with van der Waals surface area (Å²) in [7, 11) is 0. The van der Waals surface area contributed by atoms with E-state index in [4.69, 9.17) is 21.8 Å². The zero-order valence-corrected chi connectivity index (χ0v) is 7.47. The van der Waals surface area contributed by atoms with Gasteiger partial charge >= 0.3 is 11.9 Å². The molecule has 0 spiro atoms. The molecule has 0 amide bonds. The van der Waals surface area contributed by atoms with Gasteiger partial charge in [-0.05, 0) is 6.42 Å². The van der Waals surface area contributed by atoms with Crippen LogP contribution >= 0.6 is 11.6 Å². The third-order valence-electron chi connectivity index (χ3n) is 1.55. The van der Waals surface area contributed by atoms with Gasteiger partial charge in [0, 0.05) is 0 Å². The molecule has 0 radical (unpaired) electrons. The van der Waals surface area contributed by atoms with Crippen molar-refractivity contribution < 1.29 is 19.8 Å². The van der Waals surface area contributed by atoms with Crippen molar-refractivity contribution in [1.82, 2.24) is 0 Å². The van der Waals surface area contributed by atoms with Gasteiger partial charge < -0.3 is 10.2 Å². The zero-order valence-electron chi connectivity index (χ0n) is 6.71. The molecule has 0 saturated carbocycles. The standard InChI is InChI=1S/C7H11ClO4/c1-2-3-4-7(8,5(9)10)6(11)12/h2-4H2,1H3,(H,9,10)(H,11,12). The van der Waals surface area contributed by atoms with Crippen LogP contribution in [0.2, 0.25) is 0 Å². The molecule has 0 fully saturated rings. The smallest absolute Gasteiger partial charge is 0.336 e. The van der Waals surface area contributed by atoms with Crippen molar-refractivity contribution in [2.75, 3.05) is 0 Å². The Morgan fingerprint density at radius 3 is 2.00 bits per heavy atom. The van der Waals surface area contributed by atoms with Gasteiger partial charge in [0.05, 0.1) is 0 Å². The molecule has 0 aliphatic carbocycles. The van der Waals surface area contributed by atoms with E-state index in [1.807, 2.05) is 6.92 Å². The van der Waals surface area contributed by atoms with E-state index in [1.54, 1.807) is 0 Å². The predicted molar refractivity (Wildman–Crippen MR) is 43.4 cm³/mol. The molecule has 0 heterocycles. The number of carboxylic acids is 2. The van der Waals surface area contributed by atoms with E-state index < -0.39 is 16.8 Å². The predicted octanol–water partition coefficient (Wildman–Crippen LogP) is 1.32. The Balaban J connectivity index is 4.40. The number of hydrogen-bond acceptors (Lipinski definition) is 2. The average molecular weight is 195 g/mol. The molecule has 0 rings (SSSR count). The van der Waals surface area contributed by atoms with Crippen molar-refractivity contribution in [2.24, 2.45) is 0 Å². The fraction of sp³-hybridized carbons (Fsp3) is 0.714. The maximum absolute atomic E-state index is 10.5. The second-order valence-corrected chi connectivity index (χ2v) is 3.16. The third kappa shape index (κ3) is 2.37. The van der Waals surface area contributed by atoms with Crippen molar-refractivity contribution in [3.63, 3.8) is 0 Å². The van der Waals surface area contributed by atoms with Gasteiger partial charge in [-0.3, -0.25) is 0 Å². The maximum Gasteiger partial charge on any atom is 0.336 e. The summed E-state index contributed by atoms with van der Waals surface area (Å²) in [5, 5.41) is 17.0. The van der Waals surface area contributed by atoms with Crippen LogP contribution in [-0.2, 0) is 9.59 Å². The van der Waals surface area contributed by atoms with E-state index in [2.05, 4.69) is 0 Å². The van der Waals surface area contributed by atoms with Gasteiger partial charge in [0.25, 0.3) is 0 Å². The number of unbranched alkanes of at least 4 members (excludes halogenated alkanes) is 1. The molecule has 0 unspecified atom stereocenters. The Labute approximate surface area is 75.1 Å². The average Bonchev–Trinajstić information content (AvgIpc) is 1.99. The summed E-state index contributed by atoms with van der Waals surface area (Å²) in [6.45, 7) is 1.83. The highest BCUT2D eigenvalue weighted by Gasteiger charge is 2.43. The molecule has 0 bridgehead atoms. The van der Waals surface area contributed by atoms with Gasteiger partial charge in [-0.1, -0.05) is 31.4 Å². The molecule has 0 aromatic heterocycles. The van der Waals surface area contributed by atoms with E-state index in [0.29, 0.717) is 6.42 Å². The second-order valence-electron chi connectivity index (χ2n) is 2.52. The van der Waals surface area contributed by atoms with Crippen LogP contribution in [0.5, 0.6) is 0 Å². The van der Waals surface area contributed by atoms with Crippen LogP contribution in [0.15, 0.2) is 0 Å². The first kappa shape index (κ1) is 11.2. The quantitative estimate of drug-likeness (QED) is 0.511. The minimum Gasteiger partial charge on any atom is -0.479 e. The number of halogens is 1. The van der Waals surface area contributed by atoms with Crippen molar-refractivity contribution in [1.29, 1.82) is 0 Å². The molecule has 0 atom stereocenters. The molecule has 70 valence electrons. The highest BCUT2D eigenvalue weighted by molar-refractivity contribution is 6.44. The van der Waals surface area contributed by atoms with E-state index in [9.17, 15) is 9.59 Å². The highest BCUT2D eigenvalue weighted by Crippen LogP contribution is 2.23. The lowest BCUT2D eigenvalue weighted by molar-refractivity contribution is -0.152. The molecule has 0 aromatic carbocycles. The number of carbonyl (C=O) groups is 2. The molecular formula is C7H11ClO4. The number of carboxylic acid groups (broad SMARTS) is 2. The number of hydrogen-bond donors (Lipinski definition) is 2. The molecule has 0 aromatic rings. The first-order chi connectivity index (χ1) is 5.45. The number of aliphatic carboxylic acids is 2. The summed E-state index contributed by atoms with van der Waals surface area (Å²) >= 11 is 5.39. The van der Waals surface area contributed by atoms with E-state index >= 15 is 0 Å². The lowest BCUT2D eigenvalue weighted by Gasteiger charge is -2.15. The van der Waals surface area contributed by atoms with Gasteiger partial charge in [-0.25, -0.2) is 9.59 Å². The molecule has 5 heteroatoms. The van der Waals surface area contributed by atoms with Gasteiger partial charge in [-0.15, -0.1) is 0 Å². The zero-order chi connectivity index (χ0) is 9.78. The minimum absolute atomic E-state index is 0.0459. The van der Waals surface area contributed by atoms with Gasteiger partial charge in [-0.2, -0.15) is 0 Å². The van der Waals surface area contributed by atoms with Crippen LogP contribution in [0.25, 0.3) is 0 Å². The first-order valence-corrected chi connectivity index (χ1v) is 3.98. The summed E-state index contributed by atoms with van der Waals surface area (Å²) in [4.78, 5) is 18.8. The van der Waals surface area contributed by atoms with Gasteiger partial charge in [0.2, 0.25) is 4.87 Å². The van der Waals surface area contributed by atoms with Crippen molar-refractivity contribution in [3.05, 3.63) is 0 Å². The minimum atomic E-state index is -2.14. The molecule has 0 aliphatic rings. The molecule has 2 N–H and O–H groups in total. The summed E-state index contributed by atoms with van der Waals surface area (Å²) in [6, 6.07) is 0. The SMILES string of the molecule is CCCCC(Cl)(C(=O)O)C(=O)O. The Morgan fingerprint density at radius 2 is 1.75 bits per heavy atom. The normalized spacial score (nSPS) is 11.2. The van der Waals surface area contributed by atoms with Crippen LogP contribution in [0.1, 0.15) is 26.2 Å². The number of alkyl halides is 1. The lowest BCUT2D eigenvalue weighted by atomic mass is 10.0. The summed E-state index contributed by atoms with van der Waals surface area (Å²) < 4.78 is 0. The van der Waals surface area contributed by atoms with Crippen LogP contribution < -0.4 is 0 Å². The lowest BCUT2D eigenvalue weighted by Crippen LogP contribution is -2.40. The molecular weight excluding hydrogens is 184 g/mol. The van der Waals surface area contributed by atoms with Crippen LogP contribution in [-0.4, -0.2) is 27.0 Å².